The first-order valence-electron chi connectivity index (χ1n) is 7.42. The van der Waals surface area contributed by atoms with Gasteiger partial charge in [-0.2, -0.15) is 0 Å². The summed E-state index contributed by atoms with van der Waals surface area (Å²) >= 11 is 0. The second-order valence-electron chi connectivity index (χ2n) is 6.67. The van der Waals surface area contributed by atoms with Gasteiger partial charge >= 0.3 is 0 Å². The highest BCUT2D eigenvalue weighted by Gasteiger charge is 2.38. The van der Waals surface area contributed by atoms with E-state index in [1.165, 1.54) is 24.9 Å². The summed E-state index contributed by atoms with van der Waals surface area (Å²) in [5, 5.41) is 1.55. The Labute approximate surface area is 115 Å². The number of nitrogens with zero attached hydrogens (tertiary/aromatic N) is 2. The SMILES string of the molecule is C[C@@H]1C[C@H]2c3cccc4c3c(cn4C)C[C@@H]2N(C)C1. The number of rotatable bonds is 0. The molecule has 1 aliphatic carbocycles. The van der Waals surface area contributed by atoms with Gasteiger partial charge in [-0.15, -0.1) is 0 Å². The lowest BCUT2D eigenvalue weighted by Crippen LogP contribution is -2.47. The maximum atomic E-state index is 2.59. The summed E-state index contributed by atoms with van der Waals surface area (Å²) in [5.41, 5.74) is 4.56. The zero-order chi connectivity index (χ0) is 13.1. The van der Waals surface area contributed by atoms with Crippen LogP contribution < -0.4 is 0 Å². The van der Waals surface area contributed by atoms with E-state index < -0.39 is 0 Å². The van der Waals surface area contributed by atoms with Crippen molar-refractivity contribution in [3.8, 4) is 0 Å². The van der Waals surface area contributed by atoms with Crippen LogP contribution in [0.4, 0.5) is 0 Å². The quantitative estimate of drug-likeness (QED) is 0.701. The van der Waals surface area contributed by atoms with Gasteiger partial charge in [0.2, 0.25) is 0 Å². The zero-order valence-electron chi connectivity index (χ0n) is 12.1. The number of likely N-dealkylation sites (tertiary alicyclic amines) is 1. The van der Waals surface area contributed by atoms with Crippen molar-refractivity contribution >= 4 is 10.9 Å². The highest BCUT2D eigenvalue weighted by molar-refractivity contribution is 5.89. The highest BCUT2D eigenvalue weighted by atomic mass is 15.1. The van der Waals surface area contributed by atoms with Crippen LogP contribution in [-0.4, -0.2) is 29.1 Å². The topological polar surface area (TPSA) is 8.17 Å². The summed E-state index contributed by atoms with van der Waals surface area (Å²) < 4.78 is 2.30. The summed E-state index contributed by atoms with van der Waals surface area (Å²) in [6.45, 7) is 3.65. The minimum absolute atomic E-state index is 0.705. The Balaban J connectivity index is 1.94. The second-order valence-corrected chi connectivity index (χ2v) is 6.67. The number of fused-ring (bicyclic) bond motifs is 2. The van der Waals surface area contributed by atoms with E-state index in [0.29, 0.717) is 6.04 Å². The summed E-state index contributed by atoms with van der Waals surface area (Å²) in [4.78, 5) is 2.59. The molecular formula is C17H22N2. The molecule has 1 aromatic carbocycles. The largest absolute Gasteiger partial charge is 0.350 e. The summed E-state index contributed by atoms with van der Waals surface area (Å²) in [6, 6.07) is 7.58. The monoisotopic (exact) mass is 254 g/mol. The maximum absolute atomic E-state index is 2.59. The van der Waals surface area contributed by atoms with E-state index in [1.807, 2.05) is 0 Å². The number of hydrogen-bond acceptors (Lipinski definition) is 1. The van der Waals surface area contributed by atoms with Crippen LogP contribution in [0.1, 0.15) is 30.4 Å². The number of likely N-dealkylation sites (N-methyl/N-ethyl adjacent to an activating group) is 1. The standard InChI is InChI=1S/C17H22N2/c1-11-7-14-13-5-4-6-15-17(13)12(10-19(15)3)8-16(14)18(2)9-11/h4-6,10-11,14,16H,7-9H2,1-3H3/t11-,14+,16+/m1/s1. The number of aromatic nitrogens is 1. The van der Waals surface area contributed by atoms with Gasteiger partial charge in [-0.25, -0.2) is 0 Å². The molecule has 4 rings (SSSR count). The Morgan fingerprint density at radius 3 is 2.89 bits per heavy atom. The Morgan fingerprint density at radius 2 is 2.05 bits per heavy atom. The Morgan fingerprint density at radius 1 is 1.21 bits per heavy atom. The fourth-order valence-electron chi connectivity index (χ4n) is 4.49. The van der Waals surface area contributed by atoms with E-state index >= 15 is 0 Å². The van der Waals surface area contributed by atoms with Crippen LogP contribution in [-0.2, 0) is 13.5 Å². The van der Waals surface area contributed by atoms with E-state index in [1.54, 1.807) is 16.5 Å². The molecule has 3 atom stereocenters. The first-order chi connectivity index (χ1) is 9.15. The van der Waals surface area contributed by atoms with E-state index in [9.17, 15) is 0 Å². The average molecular weight is 254 g/mol. The van der Waals surface area contributed by atoms with Gasteiger partial charge in [0.1, 0.15) is 0 Å². The van der Waals surface area contributed by atoms with Crippen molar-refractivity contribution in [1.82, 2.24) is 9.47 Å². The Hall–Kier alpha value is -1.28. The van der Waals surface area contributed by atoms with Gasteiger partial charge in [0, 0.05) is 42.7 Å². The van der Waals surface area contributed by atoms with Gasteiger partial charge in [-0.3, -0.25) is 0 Å². The third-order valence-corrected chi connectivity index (χ3v) is 5.24. The lowest BCUT2D eigenvalue weighted by Gasteiger charge is -2.44. The Bertz CT molecular complexity index is 640. The van der Waals surface area contributed by atoms with Crippen LogP contribution in [0, 0.1) is 5.92 Å². The molecule has 0 spiro atoms. The predicted molar refractivity (Wildman–Crippen MR) is 79.6 cm³/mol. The summed E-state index contributed by atoms with van der Waals surface area (Å²) in [7, 11) is 4.48. The van der Waals surface area contributed by atoms with Crippen molar-refractivity contribution in [1.29, 1.82) is 0 Å². The molecule has 2 aromatic rings. The predicted octanol–water partition coefficient (Wildman–Crippen LogP) is 3.16. The van der Waals surface area contributed by atoms with Crippen LogP contribution >= 0.6 is 0 Å². The van der Waals surface area contributed by atoms with Crippen LogP contribution in [0.15, 0.2) is 24.4 Å². The fraction of sp³-hybridized carbons (Fsp3) is 0.529. The van der Waals surface area contributed by atoms with Crippen LogP contribution in [0.3, 0.4) is 0 Å². The number of piperidine rings is 1. The second kappa shape index (κ2) is 3.86. The maximum Gasteiger partial charge on any atom is 0.0483 e. The minimum Gasteiger partial charge on any atom is -0.350 e. The van der Waals surface area contributed by atoms with Crippen molar-refractivity contribution in [3.63, 3.8) is 0 Å². The molecule has 1 aliphatic heterocycles. The fourth-order valence-corrected chi connectivity index (χ4v) is 4.49. The molecule has 0 N–H and O–H groups in total. The van der Waals surface area contributed by atoms with Gasteiger partial charge in [-0.1, -0.05) is 19.1 Å². The highest BCUT2D eigenvalue weighted by Crippen LogP contribution is 2.44. The molecule has 2 heterocycles. The molecule has 0 unspecified atom stereocenters. The number of benzene rings is 1. The molecule has 1 aromatic heterocycles. The molecule has 19 heavy (non-hydrogen) atoms. The van der Waals surface area contributed by atoms with Gasteiger partial charge in [0.25, 0.3) is 0 Å². The molecule has 0 radical (unpaired) electrons. The van der Waals surface area contributed by atoms with Gasteiger partial charge in [0.15, 0.2) is 0 Å². The zero-order valence-corrected chi connectivity index (χ0v) is 12.1. The lowest BCUT2D eigenvalue weighted by molar-refractivity contribution is 0.119. The molecule has 1 fully saturated rings. The molecule has 0 bridgehead atoms. The first-order valence-corrected chi connectivity index (χ1v) is 7.42. The molecule has 0 amide bonds. The van der Waals surface area contributed by atoms with Gasteiger partial charge < -0.3 is 9.47 Å². The number of hydrogen-bond donors (Lipinski definition) is 0. The normalized spacial score (nSPS) is 30.6. The van der Waals surface area contributed by atoms with Crippen molar-refractivity contribution < 1.29 is 0 Å². The summed E-state index contributed by atoms with van der Waals surface area (Å²) in [5.74, 6) is 1.54. The molecule has 1 saturated heterocycles. The minimum atomic E-state index is 0.705. The number of aryl methyl sites for hydroxylation is 1. The van der Waals surface area contributed by atoms with E-state index in [-0.39, 0.29) is 0 Å². The molecule has 2 heteroatoms. The first kappa shape index (κ1) is 11.5. The van der Waals surface area contributed by atoms with Crippen LogP contribution in [0.5, 0.6) is 0 Å². The Kier molecular flexibility index (Phi) is 2.34. The lowest BCUT2D eigenvalue weighted by atomic mass is 9.73. The van der Waals surface area contributed by atoms with E-state index in [2.05, 4.69) is 54.9 Å². The van der Waals surface area contributed by atoms with E-state index in [4.69, 9.17) is 0 Å². The van der Waals surface area contributed by atoms with E-state index in [0.717, 1.165) is 11.8 Å². The molecule has 100 valence electrons. The molecule has 2 aliphatic rings. The average Bonchev–Trinajstić information content (AvgIpc) is 2.70. The van der Waals surface area contributed by atoms with Crippen molar-refractivity contribution in [2.75, 3.05) is 13.6 Å². The third kappa shape index (κ3) is 1.53. The van der Waals surface area contributed by atoms with Crippen molar-refractivity contribution in [2.24, 2.45) is 13.0 Å². The molecule has 2 nitrogen and oxygen atoms in total. The summed E-state index contributed by atoms with van der Waals surface area (Å²) in [6.07, 6.45) is 4.92. The third-order valence-electron chi connectivity index (χ3n) is 5.24. The molecule has 0 saturated carbocycles. The molecular weight excluding hydrogens is 232 g/mol. The van der Waals surface area contributed by atoms with Crippen molar-refractivity contribution in [3.05, 3.63) is 35.5 Å². The van der Waals surface area contributed by atoms with Gasteiger partial charge in [0.05, 0.1) is 0 Å². The van der Waals surface area contributed by atoms with Gasteiger partial charge in [-0.05, 0) is 43.0 Å². The van der Waals surface area contributed by atoms with Crippen molar-refractivity contribution in [2.45, 2.75) is 31.7 Å². The van der Waals surface area contributed by atoms with Crippen LogP contribution in [0.25, 0.3) is 10.9 Å². The smallest absolute Gasteiger partial charge is 0.0483 e. The van der Waals surface area contributed by atoms with Crippen LogP contribution in [0.2, 0.25) is 0 Å².